The Hall–Kier alpha value is -7.75. The van der Waals surface area contributed by atoms with E-state index < -0.39 is 30.1 Å². The average molecular weight is 1020 g/mol. The Kier molecular flexibility index (Phi) is 17.2. The van der Waals surface area contributed by atoms with Crippen molar-refractivity contribution in [1.29, 1.82) is 10.5 Å². The lowest BCUT2D eigenvalue weighted by molar-refractivity contribution is 0.310. The Labute approximate surface area is 409 Å². The second kappa shape index (κ2) is 23.2. The van der Waals surface area contributed by atoms with Crippen LogP contribution in [0.5, 0.6) is 0 Å². The predicted octanol–water partition coefficient (Wildman–Crippen LogP) is 7.11. The van der Waals surface area contributed by atoms with Crippen LogP contribution >= 0.6 is 0 Å². The first-order valence-corrected chi connectivity index (χ1v) is 25.7. The zero-order chi connectivity index (χ0) is 51.3. The van der Waals surface area contributed by atoms with E-state index in [0.717, 1.165) is 11.1 Å². The summed E-state index contributed by atoms with van der Waals surface area (Å²) in [5.74, 6) is 0.887. The summed E-state index contributed by atoms with van der Waals surface area (Å²) in [6.45, 7) is 3.62. The highest BCUT2D eigenvalue weighted by Gasteiger charge is 2.21. The van der Waals surface area contributed by atoms with Crippen molar-refractivity contribution in [2.75, 3.05) is 60.7 Å². The molecule has 6 aromatic rings. The number of hydrogen-bond acceptors (Lipinski definition) is 20. The summed E-state index contributed by atoms with van der Waals surface area (Å²) < 4.78 is 91.4. The molecular weight excluding hydrogens is 977 g/mol. The average Bonchev–Trinajstić information content (AvgIpc) is 3.34. The number of aromatic nitrogens is 2. The van der Waals surface area contributed by atoms with Crippen LogP contribution in [0.25, 0.3) is 0 Å². The van der Waals surface area contributed by atoms with Crippen molar-refractivity contribution in [3.63, 3.8) is 0 Å². The standard InChI is InChI=1S/C46H46N12O10S3/c1-29-39(27-47)43(49-21-19-31-3-11-37(12-4-31)70(63,64)65)53-45(51-23-25-59)41(29)57-55-33-7-15-35(16-8-33)69(61,62)36-17-9-34(10-18-36)56-58-42-30(2)40(28-48)44(54-46(42)52-24-26-60)50-22-20-32-5-13-38(14-6-32)71(66,67)68/h3-18,59-60H,19-26H2,1-2H3,(H2,49,51,53)(H2,50,52,54)(H,63,64,65)(H,66,67,68). The predicted molar refractivity (Wildman–Crippen MR) is 262 cm³/mol. The third-order valence-electron chi connectivity index (χ3n) is 10.5. The first kappa shape index (κ1) is 52.6. The third kappa shape index (κ3) is 13.3. The SMILES string of the molecule is Cc1c(C#N)c(NCCc2ccc(S(=O)(=O)O)cc2)nc(NCCO)c1N=Nc1ccc(S(=O)(=O)c2ccc(N=Nc3c(NCCO)nc(NCCc4ccc(S(=O)(=O)O)cc4)c(C#N)c3C)cc2)cc1. The van der Waals surface area contributed by atoms with Gasteiger partial charge in [0.2, 0.25) is 9.84 Å². The molecule has 0 amide bonds. The fourth-order valence-electron chi connectivity index (χ4n) is 6.80. The minimum Gasteiger partial charge on any atom is -0.395 e. The number of sulfone groups is 1. The summed E-state index contributed by atoms with van der Waals surface area (Å²) in [4.78, 5) is 8.53. The van der Waals surface area contributed by atoms with Gasteiger partial charge >= 0.3 is 0 Å². The van der Waals surface area contributed by atoms with E-state index in [2.05, 4.69) is 63.8 Å². The highest BCUT2D eigenvalue weighted by Crippen LogP contribution is 2.37. The van der Waals surface area contributed by atoms with Crippen molar-refractivity contribution < 1.29 is 44.6 Å². The van der Waals surface area contributed by atoms with E-state index in [-0.39, 0.29) is 103 Å². The molecule has 0 radical (unpaired) electrons. The van der Waals surface area contributed by atoms with Crippen LogP contribution < -0.4 is 21.3 Å². The van der Waals surface area contributed by atoms with Crippen molar-refractivity contribution >= 4 is 76.1 Å². The molecule has 0 aliphatic rings. The summed E-state index contributed by atoms with van der Waals surface area (Å²) in [5.41, 5.74) is 3.66. The lowest BCUT2D eigenvalue weighted by atomic mass is 10.1. The van der Waals surface area contributed by atoms with Crippen LogP contribution in [0.3, 0.4) is 0 Å². The normalized spacial score (nSPS) is 11.9. The van der Waals surface area contributed by atoms with Crippen molar-refractivity contribution in [2.24, 2.45) is 20.5 Å². The zero-order valence-electron chi connectivity index (χ0n) is 37.9. The number of nitriles is 2. The van der Waals surface area contributed by atoms with Gasteiger partial charge in [-0.2, -0.15) is 37.6 Å². The molecule has 2 aromatic heterocycles. The maximum Gasteiger partial charge on any atom is 0.294 e. The van der Waals surface area contributed by atoms with Crippen LogP contribution in [0.4, 0.5) is 46.0 Å². The molecule has 8 N–H and O–H groups in total. The molecule has 0 fully saturated rings. The second-order valence-corrected chi connectivity index (χ2v) is 20.1. The molecule has 71 heavy (non-hydrogen) atoms. The summed E-state index contributed by atoms with van der Waals surface area (Å²) in [7, 11) is -12.7. The highest BCUT2D eigenvalue weighted by molar-refractivity contribution is 7.91. The summed E-state index contributed by atoms with van der Waals surface area (Å²) in [5, 5.41) is 68.6. The molecule has 25 heteroatoms. The van der Waals surface area contributed by atoms with Gasteiger partial charge in [-0.25, -0.2) is 18.4 Å². The summed E-state index contributed by atoms with van der Waals surface area (Å²) >= 11 is 0. The molecule has 0 atom stereocenters. The topological polar surface area (TPSA) is 354 Å². The Balaban J connectivity index is 1.14. The van der Waals surface area contributed by atoms with Crippen molar-refractivity contribution in [1.82, 2.24) is 9.97 Å². The minimum atomic E-state index is -4.33. The first-order valence-electron chi connectivity index (χ1n) is 21.4. The number of benzene rings is 4. The largest absolute Gasteiger partial charge is 0.395 e. The van der Waals surface area contributed by atoms with Gasteiger partial charge in [0.05, 0.1) is 55.3 Å². The number of azo groups is 2. The number of aliphatic hydroxyl groups is 2. The van der Waals surface area contributed by atoms with Gasteiger partial charge in [-0.1, -0.05) is 24.3 Å². The molecule has 0 bridgehead atoms. The van der Waals surface area contributed by atoms with Crippen LogP contribution in [0, 0.1) is 36.5 Å². The summed E-state index contributed by atoms with van der Waals surface area (Å²) in [6.07, 6.45) is 0.837. The van der Waals surface area contributed by atoms with Gasteiger partial charge in [0.1, 0.15) is 35.1 Å². The fraction of sp³-hybridized carbons (Fsp3) is 0.217. The van der Waals surface area contributed by atoms with Crippen LogP contribution in [0.1, 0.15) is 33.4 Å². The van der Waals surface area contributed by atoms with Gasteiger partial charge in [0.15, 0.2) is 11.6 Å². The van der Waals surface area contributed by atoms with Crippen LogP contribution in [-0.4, -0.2) is 93.9 Å². The van der Waals surface area contributed by atoms with Crippen LogP contribution in [0.2, 0.25) is 0 Å². The van der Waals surface area contributed by atoms with E-state index in [4.69, 9.17) is 0 Å². The molecule has 0 saturated carbocycles. The van der Waals surface area contributed by atoms with E-state index in [0.29, 0.717) is 37.1 Å². The van der Waals surface area contributed by atoms with Crippen LogP contribution in [0.15, 0.2) is 137 Å². The number of anilines is 4. The second-order valence-electron chi connectivity index (χ2n) is 15.3. The Morgan fingerprint density at radius 1 is 0.479 bits per heavy atom. The molecular formula is C46H46N12O10S3. The minimum absolute atomic E-state index is 0.0420. The Morgan fingerprint density at radius 2 is 0.803 bits per heavy atom. The molecule has 0 unspecified atom stereocenters. The molecule has 0 saturated heterocycles. The molecule has 0 aliphatic heterocycles. The van der Waals surface area contributed by atoms with E-state index in [1.165, 1.54) is 72.8 Å². The number of nitrogens with zero attached hydrogens (tertiary/aromatic N) is 8. The number of nitrogens with one attached hydrogen (secondary N) is 4. The Bertz CT molecular complexity index is 3160. The Morgan fingerprint density at radius 3 is 1.11 bits per heavy atom. The number of aliphatic hydroxyl groups excluding tert-OH is 2. The van der Waals surface area contributed by atoms with E-state index in [1.54, 1.807) is 38.1 Å². The highest BCUT2D eigenvalue weighted by atomic mass is 32.2. The number of rotatable bonds is 22. The molecule has 4 aromatic carbocycles. The third-order valence-corrected chi connectivity index (χ3v) is 14.1. The molecule has 22 nitrogen and oxygen atoms in total. The summed E-state index contributed by atoms with van der Waals surface area (Å²) in [6, 6.07) is 26.9. The van der Waals surface area contributed by atoms with Gasteiger partial charge in [0.25, 0.3) is 20.2 Å². The lowest BCUT2D eigenvalue weighted by Gasteiger charge is -2.15. The van der Waals surface area contributed by atoms with Gasteiger partial charge < -0.3 is 31.5 Å². The molecule has 2 heterocycles. The first-order chi connectivity index (χ1) is 33.9. The smallest absolute Gasteiger partial charge is 0.294 e. The molecule has 6 rings (SSSR count). The van der Waals surface area contributed by atoms with Gasteiger partial charge in [-0.15, -0.1) is 10.2 Å². The zero-order valence-corrected chi connectivity index (χ0v) is 40.4. The van der Waals surface area contributed by atoms with E-state index in [9.17, 15) is 55.1 Å². The maximum atomic E-state index is 13.7. The van der Waals surface area contributed by atoms with Crippen molar-refractivity contribution in [3.8, 4) is 12.1 Å². The van der Waals surface area contributed by atoms with E-state index in [1.807, 2.05) is 0 Å². The monoisotopic (exact) mass is 1020 g/mol. The maximum absolute atomic E-state index is 13.7. The lowest BCUT2D eigenvalue weighted by Crippen LogP contribution is -2.13. The van der Waals surface area contributed by atoms with Gasteiger partial charge in [0, 0.05) is 37.3 Å². The van der Waals surface area contributed by atoms with E-state index >= 15 is 0 Å². The molecule has 0 spiro atoms. The fourth-order valence-corrected chi connectivity index (χ4v) is 9.02. The van der Waals surface area contributed by atoms with Gasteiger partial charge in [-0.3, -0.25) is 9.11 Å². The molecule has 0 aliphatic carbocycles. The van der Waals surface area contributed by atoms with Gasteiger partial charge in [-0.05, 0) is 111 Å². The quantitative estimate of drug-likeness (QED) is 0.0248. The van der Waals surface area contributed by atoms with Crippen molar-refractivity contribution in [2.45, 2.75) is 46.3 Å². The van der Waals surface area contributed by atoms with Crippen molar-refractivity contribution in [3.05, 3.63) is 130 Å². The number of pyridine rings is 2. The molecule has 368 valence electrons. The number of hydrogen-bond donors (Lipinski definition) is 8. The van der Waals surface area contributed by atoms with Crippen LogP contribution in [-0.2, 0) is 42.9 Å².